The highest BCUT2D eigenvalue weighted by Gasteiger charge is 2.23. The molecule has 3 N–H and O–H groups in total. The first kappa shape index (κ1) is 14.6. The van der Waals surface area contributed by atoms with Crippen molar-refractivity contribution < 1.29 is 4.79 Å². The van der Waals surface area contributed by atoms with Crippen LogP contribution in [0.2, 0.25) is 0 Å². The molecule has 5 heteroatoms. The van der Waals surface area contributed by atoms with Gasteiger partial charge in [-0.25, -0.2) is 0 Å². The zero-order chi connectivity index (χ0) is 15.0. The lowest BCUT2D eigenvalue weighted by Gasteiger charge is -2.25. The molecule has 0 spiro atoms. The summed E-state index contributed by atoms with van der Waals surface area (Å²) in [6, 6.07) is 8.18. The number of carbonyl (C=O) groups is 1. The molecule has 1 aliphatic rings. The molecule has 3 rings (SSSR count). The molecular formula is C16H17BrN2OS. The second-order valence-corrected chi connectivity index (χ2v) is 7.88. The lowest BCUT2D eigenvalue weighted by atomic mass is 9.93. The Morgan fingerprint density at radius 1 is 1.48 bits per heavy atom. The van der Waals surface area contributed by atoms with Gasteiger partial charge in [0, 0.05) is 16.1 Å². The van der Waals surface area contributed by atoms with Gasteiger partial charge in [0.25, 0.3) is 0 Å². The molecule has 21 heavy (non-hydrogen) atoms. The van der Waals surface area contributed by atoms with Crippen molar-refractivity contribution in [3.63, 3.8) is 0 Å². The summed E-state index contributed by atoms with van der Waals surface area (Å²) in [7, 11) is 0. The summed E-state index contributed by atoms with van der Waals surface area (Å²) in [4.78, 5) is 12.9. The first-order chi connectivity index (χ1) is 10.1. The third kappa shape index (κ3) is 2.85. The number of fused-ring (bicyclic) bond motifs is 1. The Bertz CT molecular complexity index is 696. The minimum Gasteiger partial charge on any atom is -0.378 e. The van der Waals surface area contributed by atoms with E-state index >= 15 is 0 Å². The maximum Gasteiger partial charge on any atom is 0.249 e. The number of carbonyl (C=O) groups excluding carboxylic acids is 1. The van der Waals surface area contributed by atoms with Gasteiger partial charge in [0.2, 0.25) is 5.91 Å². The third-order valence-electron chi connectivity index (χ3n) is 4.01. The van der Waals surface area contributed by atoms with Crippen LogP contribution in [0.3, 0.4) is 0 Å². The van der Waals surface area contributed by atoms with E-state index in [0.717, 1.165) is 24.1 Å². The zero-order valence-electron chi connectivity index (χ0n) is 11.8. The second-order valence-electron chi connectivity index (χ2n) is 5.36. The second kappa shape index (κ2) is 5.81. The largest absolute Gasteiger partial charge is 0.378 e. The fourth-order valence-corrected chi connectivity index (χ4v) is 4.74. The van der Waals surface area contributed by atoms with Crippen molar-refractivity contribution >= 4 is 38.9 Å². The predicted molar refractivity (Wildman–Crippen MR) is 91.0 cm³/mol. The van der Waals surface area contributed by atoms with Gasteiger partial charge in [-0.2, -0.15) is 0 Å². The summed E-state index contributed by atoms with van der Waals surface area (Å²) < 4.78 is 1.18. The lowest BCUT2D eigenvalue weighted by molar-refractivity contribution is 0.1000. The fourth-order valence-electron chi connectivity index (χ4n) is 2.92. The molecule has 0 radical (unpaired) electrons. The van der Waals surface area contributed by atoms with Crippen LogP contribution in [0.4, 0.5) is 5.69 Å². The Kier molecular flexibility index (Phi) is 4.04. The normalized spacial score (nSPS) is 17.3. The Morgan fingerprint density at radius 2 is 2.29 bits per heavy atom. The van der Waals surface area contributed by atoms with Crippen molar-refractivity contribution in [2.45, 2.75) is 32.2 Å². The topological polar surface area (TPSA) is 55.1 Å². The molecule has 1 aliphatic carbocycles. The van der Waals surface area contributed by atoms with Crippen LogP contribution >= 0.6 is 27.3 Å². The standard InChI is InChI=1S/C16H17BrN2OS/c1-9-10(16(18)20)4-2-5-12(9)19-13-6-3-7-14-11(13)8-15(17)21-14/h2,4-5,8,13,19H,3,6-7H2,1H3,(H2,18,20). The van der Waals surface area contributed by atoms with E-state index in [4.69, 9.17) is 5.73 Å². The number of hydrogen-bond donors (Lipinski definition) is 2. The summed E-state index contributed by atoms with van der Waals surface area (Å²) in [5.74, 6) is -0.376. The van der Waals surface area contributed by atoms with E-state index in [1.165, 1.54) is 20.6 Å². The number of amides is 1. The van der Waals surface area contributed by atoms with Gasteiger partial charge in [0.1, 0.15) is 0 Å². The highest BCUT2D eigenvalue weighted by molar-refractivity contribution is 9.11. The smallest absolute Gasteiger partial charge is 0.249 e. The Hall–Kier alpha value is -1.33. The van der Waals surface area contributed by atoms with Crippen LogP contribution in [0.1, 0.15) is 45.2 Å². The molecule has 0 bridgehead atoms. The Balaban J connectivity index is 1.91. The molecule has 1 unspecified atom stereocenters. The van der Waals surface area contributed by atoms with E-state index in [-0.39, 0.29) is 5.91 Å². The molecule has 3 nitrogen and oxygen atoms in total. The number of anilines is 1. The third-order valence-corrected chi connectivity index (χ3v) is 5.73. The average Bonchev–Trinajstić information content (AvgIpc) is 2.82. The fraction of sp³-hybridized carbons (Fsp3) is 0.312. The number of aryl methyl sites for hydroxylation is 1. The predicted octanol–water partition coefficient (Wildman–Crippen LogP) is 4.41. The molecule has 110 valence electrons. The van der Waals surface area contributed by atoms with Gasteiger partial charge < -0.3 is 11.1 Å². The summed E-state index contributed by atoms with van der Waals surface area (Å²) in [6.07, 6.45) is 3.45. The van der Waals surface area contributed by atoms with Gasteiger partial charge in [-0.1, -0.05) is 6.07 Å². The van der Waals surface area contributed by atoms with Crippen molar-refractivity contribution in [1.82, 2.24) is 0 Å². The molecular weight excluding hydrogens is 348 g/mol. The first-order valence-electron chi connectivity index (χ1n) is 7.00. The van der Waals surface area contributed by atoms with Crippen LogP contribution < -0.4 is 11.1 Å². The molecule has 1 aromatic heterocycles. The van der Waals surface area contributed by atoms with Gasteiger partial charge in [-0.3, -0.25) is 4.79 Å². The number of thiophene rings is 1. The van der Waals surface area contributed by atoms with Crippen LogP contribution in [0, 0.1) is 6.92 Å². The molecule has 2 aromatic rings. The van der Waals surface area contributed by atoms with E-state index in [0.29, 0.717) is 11.6 Å². The van der Waals surface area contributed by atoms with Gasteiger partial charge >= 0.3 is 0 Å². The highest BCUT2D eigenvalue weighted by Crippen LogP contribution is 2.40. The van der Waals surface area contributed by atoms with Crippen molar-refractivity contribution in [3.05, 3.63) is 49.6 Å². The summed E-state index contributed by atoms with van der Waals surface area (Å²) >= 11 is 5.40. The van der Waals surface area contributed by atoms with Gasteiger partial charge in [-0.15, -0.1) is 11.3 Å². The summed E-state index contributed by atoms with van der Waals surface area (Å²) in [5.41, 5.74) is 9.30. The zero-order valence-corrected chi connectivity index (χ0v) is 14.2. The maximum absolute atomic E-state index is 11.5. The summed E-state index contributed by atoms with van der Waals surface area (Å²) in [5, 5.41) is 3.59. The summed E-state index contributed by atoms with van der Waals surface area (Å²) in [6.45, 7) is 1.94. The van der Waals surface area contributed by atoms with E-state index in [1.807, 2.05) is 30.4 Å². The Morgan fingerprint density at radius 3 is 3.05 bits per heavy atom. The highest BCUT2D eigenvalue weighted by atomic mass is 79.9. The van der Waals surface area contributed by atoms with Crippen molar-refractivity contribution in [2.24, 2.45) is 5.73 Å². The van der Waals surface area contributed by atoms with Crippen LogP contribution in [0.15, 0.2) is 28.1 Å². The molecule has 1 amide bonds. The van der Waals surface area contributed by atoms with E-state index in [1.54, 1.807) is 6.07 Å². The Labute approximate surface area is 136 Å². The number of rotatable bonds is 3. The van der Waals surface area contributed by atoms with Crippen molar-refractivity contribution in [3.8, 4) is 0 Å². The molecule has 0 saturated carbocycles. The number of halogens is 1. The molecule has 0 fully saturated rings. The minimum absolute atomic E-state index is 0.304. The molecule has 0 saturated heterocycles. The monoisotopic (exact) mass is 364 g/mol. The lowest BCUT2D eigenvalue weighted by Crippen LogP contribution is -2.18. The van der Waals surface area contributed by atoms with Crippen LogP contribution in [0.5, 0.6) is 0 Å². The number of benzene rings is 1. The first-order valence-corrected chi connectivity index (χ1v) is 8.61. The number of hydrogen-bond acceptors (Lipinski definition) is 3. The molecule has 1 aromatic carbocycles. The van der Waals surface area contributed by atoms with Gasteiger partial charge in [-0.05, 0) is 71.4 Å². The van der Waals surface area contributed by atoms with Gasteiger partial charge in [0.05, 0.1) is 9.83 Å². The van der Waals surface area contributed by atoms with Crippen molar-refractivity contribution in [1.29, 1.82) is 0 Å². The number of primary amides is 1. The van der Waals surface area contributed by atoms with Crippen LogP contribution in [-0.2, 0) is 6.42 Å². The molecule has 0 aliphatic heterocycles. The molecule has 1 atom stereocenters. The quantitative estimate of drug-likeness (QED) is 0.847. The minimum atomic E-state index is -0.376. The van der Waals surface area contributed by atoms with E-state index in [9.17, 15) is 4.79 Å². The molecule has 1 heterocycles. The van der Waals surface area contributed by atoms with Gasteiger partial charge in [0.15, 0.2) is 0 Å². The van der Waals surface area contributed by atoms with Crippen LogP contribution in [-0.4, -0.2) is 5.91 Å². The van der Waals surface area contributed by atoms with Crippen LogP contribution in [0.25, 0.3) is 0 Å². The average molecular weight is 365 g/mol. The van der Waals surface area contributed by atoms with Crippen molar-refractivity contribution in [2.75, 3.05) is 5.32 Å². The maximum atomic E-state index is 11.5. The number of nitrogens with two attached hydrogens (primary N) is 1. The van der Waals surface area contributed by atoms with E-state index in [2.05, 4.69) is 27.3 Å². The SMILES string of the molecule is Cc1c(NC2CCCc3sc(Br)cc32)cccc1C(N)=O. The van der Waals surface area contributed by atoms with E-state index < -0.39 is 0 Å². The number of nitrogens with one attached hydrogen (secondary N) is 1.